The topological polar surface area (TPSA) is 81.2 Å². The second-order valence-corrected chi connectivity index (χ2v) is 10.7. The summed E-state index contributed by atoms with van der Waals surface area (Å²) >= 11 is 0. The molecular weight excluding hydrogens is 503 g/mol. The smallest absolute Gasteiger partial charge is 0.358 e. The molecule has 0 unspecified atom stereocenters. The first kappa shape index (κ1) is 25.6. The van der Waals surface area contributed by atoms with Crippen LogP contribution in [0.5, 0.6) is 5.75 Å². The zero-order valence-corrected chi connectivity index (χ0v) is 22.2. The molecule has 5 aromatic rings. The van der Waals surface area contributed by atoms with Gasteiger partial charge in [0, 0.05) is 28.4 Å². The van der Waals surface area contributed by atoms with Gasteiger partial charge in [0.15, 0.2) is 5.43 Å². The second kappa shape index (κ2) is 9.66. The quantitative estimate of drug-likeness (QED) is 0.185. The highest BCUT2D eigenvalue weighted by Gasteiger charge is 2.20. The van der Waals surface area contributed by atoms with Crippen molar-refractivity contribution in [3.8, 4) is 29.2 Å². The number of aryl methyl sites for hydroxylation is 1. The van der Waals surface area contributed by atoms with Gasteiger partial charge in [-0.2, -0.15) is 8.42 Å². The van der Waals surface area contributed by atoms with Crippen LogP contribution in [0.3, 0.4) is 0 Å². The van der Waals surface area contributed by atoms with Crippen LogP contribution < -0.4 is 9.61 Å². The van der Waals surface area contributed by atoms with E-state index >= 15 is 0 Å². The third kappa shape index (κ3) is 4.54. The van der Waals surface area contributed by atoms with Crippen LogP contribution in [0.25, 0.3) is 44.0 Å². The summed E-state index contributed by atoms with van der Waals surface area (Å²) in [5.74, 6) is 2.57. The lowest BCUT2D eigenvalue weighted by molar-refractivity contribution is 0.440. The standard InChI is InChI=1S/C30H27FN2O4S/c1-5-7-13-33-27-17-24(20-9-8-10-21(15-20)37-38(31,35)36)23(18(3)4)16-25(27)29(34)28-22-12-11-19(6-2)14-26(22)32-30(28)33/h2,8-12,14-18,32H,5,7,13H2,1,3-4H3. The zero-order valence-electron chi connectivity index (χ0n) is 21.3. The number of halogens is 1. The monoisotopic (exact) mass is 530 g/mol. The van der Waals surface area contributed by atoms with Crippen molar-refractivity contribution in [2.75, 3.05) is 0 Å². The second-order valence-electron chi connectivity index (χ2n) is 9.70. The third-order valence-electron chi connectivity index (χ3n) is 6.84. The van der Waals surface area contributed by atoms with E-state index in [1.807, 2.05) is 50.2 Å². The molecule has 0 radical (unpaired) electrons. The fourth-order valence-corrected chi connectivity index (χ4v) is 5.41. The van der Waals surface area contributed by atoms with Crippen LogP contribution in [0, 0.1) is 12.3 Å². The number of fused-ring (bicyclic) bond motifs is 4. The number of hydrogen-bond acceptors (Lipinski definition) is 4. The summed E-state index contributed by atoms with van der Waals surface area (Å²) in [5, 5.41) is 2.04. The summed E-state index contributed by atoms with van der Waals surface area (Å²) in [6, 6.07) is 15.8. The number of nitrogens with zero attached hydrogens (tertiary/aromatic N) is 1. The van der Waals surface area contributed by atoms with E-state index in [0.717, 1.165) is 51.6 Å². The van der Waals surface area contributed by atoms with Gasteiger partial charge in [0.2, 0.25) is 0 Å². The van der Waals surface area contributed by atoms with Crippen LogP contribution in [0.1, 0.15) is 50.7 Å². The first-order valence-electron chi connectivity index (χ1n) is 12.5. The molecule has 1 N–H and O–H groups in total. The van der Waals surface area contributed by atoms with Crippen LogP contribution in [-0.4, -0.2) is 18.0 Å². The molecular formula is C30H27FN2O4S. The van der Waals surface area contributed by atoms with Crippen LogP contribution in [0.4, 0.5) is 3.89 Å². The van der Waals surface area contributed by atoms with Gasteiger partial charge in [-0.05, 0) is 65.4 Å². The molecule has 0 amide bonds. The van der Waals surface area contributed by atoms with Gasteiger partial charge >= 0.3 is 10.5 Å². The van der Waals surface area contributed by atoms with Crippen molar-refractivity contribution < 1.29 is 16.5 Å². The van der Waals surface area contributed by atoms with Crippen molar-refractivity contribution >= 4 is 43.3 Å². The van der Waals surface area contributed by atoms with E-state index in [4.69, 9.17) is 6.42 Å². The highest BCUT2D eigenvalue weighted by Crippen LogP contribution is 2.36. The minimum Gasteiger partial charge on any atom is -0.358 e. The maximum absolute atomic E-state index is 14.0. The maximum atomic E-state index is 14.0. The van der Waals surface area contributed by atoms with E-state index in [1.165, 1.54) is 12.1 Å². The van der Waals surface area contributed by atoms with Gasteiger partial charge in [-0.1, -0.05) is 55.2 Å². The zero-order chi connectivity index (χ0) is 27.2. The van der Waals surface area contributed by atoms with Crippen molar-refractivity contribution in [2.45, 2.75) is 46.1 Å². The first-order chi connectivity index (χ1) is 18.1. The van der Waals surface area contributed by atoms with Gasteiger partial charge in [0.25, 0.3) is 0 Å². The summed E-state index contributed by atoms with van der Waals surface area (Å²) in [7, 11) is -5.16. The van der Waals surface area contributed by atoms with Gasteiger partial charge in [-0.3, -0.25) is 4.79 Å². The van der Waals surface area contributed by atoms with Crippen LogP contribution in [0.2, 0.25) is 0 Å². The Balaban J connectivity index is 1.87. The van der Waals surface area contributed by atoms with E-state index in [0.29, 0.717) is 22.9 Å². The van der Waals surface area contributed by atoms with Crippen molar-refractivity contribution in [2.24, 2.45) is 0 Å². The summed E-state index contributed by atoms with van der Waals surface area (Å²) in [6.45, 7) is 6.85. The highest BCUT2D eigenvalue weighted by atomic mass is 32.3. The van der Waals surface area contributed by atoms with Gasteiger partial charge in [-0.25, -0.2) is 0 Å². The van der Waals surface area contributed by atoms with Gasteiger partial charge in [0.05, 0.1) is 10.9 Å². The van der Waals surface area contributed by atoms with E-state index in [9.17, 15) is 17.1 Å². The number of unbranched alkanes of at least 4 members (excludes halogenated alkanes) is 1. The fourth-order valence-electron chi connectivity index (χ4n) is 5.08. The number of terminal acetylenes is 1. The number of nitrogens with one attached hydrogen (secondary N) is 1. The average Bonchev–Trinajstić information content (AvgIpc) is 3.25. The minimum absolute atomic E-state index is 0.0456. The van der Waals surface area contributed by atoms with Crippen molar-refractivity contribution in [3.63, 3.8) is 0 Å². The number of benzene rings is 3. The third-order valence-corrected chi connectivity index (χ3v) is 7.24. The molecule has 0 bridgehead atoms. The number of aromatic amines is 1. The van der Waals surface area contributed by atoms with Crippen molar-refractivity contribution in [3.05, 3.63) is 75.9 Å². The Morgan fingerprint density at radius 3 is 2.58 bits per heavy atom. The maximum Gasteiger partial charge on any atom is 0.488 e. The molecule has 0 aliphatic carbocycles. The lowest BCUT2D eigenvalue weighted by atomic mass is 9.90. The molecule has 5 rings (SSSR count). The van der Waals surface area contributed by atoms with Gasteiger partial charge in [-0.15, -0.1) is 6.42 Å². The molecule has 2 heterocycles. The van der Waals surface area contributed by atoms with Crippen molar-refractivity contribution in [1.82, 2.24) is 9.55 Å². The molecule has 0 aliphatic rings. The largest absolute Gasteiger partial charge is 0.488 e. The first-order valence-corrected chi connectivity index (χ1v) is 13.8. The Morgan fingerprint density at radius 1 is 1.11 bits per heavy atom. The molecule has 0 aliphatic heterocycles. The summed E-state index contributed by atoms with van der Waals surface area (Å²) in [5.41, 5.74) is 5.30. The molecule has 0 saturated carbocycles. The molecule has 8 heteroatoms. The number of aromatic nitrogens is 2. The number of rotatable bonds is 7. The van der Waals surface area contributed by atoms with Gasteiger partial charge in [0.1, 0.15) is 11.4 Å². The Morgan fingerprint density at radius 2 is 1.89 bits per heavy atom. The molecule has 0 spiro atoms. The Bertz CT molecular complexity index is 1930. The Labute approximate surface area is 220 Å². The predicted octanol–water partition coefficient (Wildman–Crippen LogP) is 6.80. The van der Waals surface area contributed by atoms with Crippen molar-refractivity contribution in [1.29, 1.82) is 0 Å². The number of H-pyrrole nitrogens is 1. The lowest BCUT2D eigenvalue weighted by Crippen LogP contribution is -2.12. The molecule has 194 valence electrons. The number of pyridine rings is 1. The van der Waals surface area contributed by atoms with Crippen LogP contribution in [0.15, 0.2) is 59.4 Å². The molecule has 3 aromatic carbocycles. The summed E-state index contributed by atoms with van der Waals surface area (Å²) in [6.07, 6.45) is 7.47. The van der Waals surface area contributed by atoms with E-state index in [1.54, 1.807) is 6.07 Å². The lowest BCUT2D eigenvalue weighted by Gasteiger charge is -2.19. The summed E-state index contributed by atoms with van der Waals surface area (Å²) in [4.78, 5) is 17.4. The Kier molecular flexibility index (Phi) is 6.49. The minimum atomic E-state index is -5.16. The fraction of sp³-hybridized carbons (Fsp3) is 0.233. The molecule has 0 saturated heterocycles. The van der Waals surface area contributed by atoms with Crippen LogP contribution >= 0.6 is 0 Å². The van der Waals surface area contributed by atoms with E-state index in [-0.39, 0.29) is 17.1 Å². The van der Waals surface area contributed by atoms with Crippen LogP contribution in [-0.2, 0) is 17.0 Å². The molecule has 0 fully saturated rings. The molecule has 6 nitrogen and oxygen atoms in total. The Hall–Kier alpha value is -4.09. The average molecular weight is 531 g/mol. The SMILES string of the molecule is C#Cc1ccc2c(c1)[nH]c1c2c(=O)c2cc(C(C)C)c(-c3cccc(OS(=O)(=O)F)c3)cc2n1CCCC. The highest BCUT2D eigenvalue weighted by molar-refractivity contribution is 7.81. The predicted molar refractivity (Wildman–Crippen MR) is 151 cm³/mol. The normalized spacial score (nSPS) is 12.0. The van der Waals surface area contributed by atoms with E-state index in [2.05, 4.69) is 26.6 Å². The molecule has 2 aromatic heterocycles. The van der Waals surface area contributed by atoms with E-state index < -0.39 is 10.5 Å². The van der Waals surface area contributed by atoms with Gasteiger partial charge < -0.3 is 13.7 Å². The number of hydrogen-bond donors (Lipinski definition) is 1. The molecule has 38 heavy (non-hydrogen) atoms. The summed E-state index contributed by atoms with van der Waals surface area (Å²) < 4.78 is 42.0. The molecule has 0 atom stereocenters.